The third-order valence-electron chi connectivity index (χ3n) is 5.05. The van der Waals surface area contributed by atoms with Crippen LogP contribution in [0.15, 0.2) is 29.6 Å². The van der Waals surface area contributed by atoms with E-state index >= 15 is 0 Å². The Hall–Kier alpha value is -1.47. The van der Waals surface area contributed by atoms with Gasteiger partial charge in [-0.15, -0.1) is 11.3 Å². The van der Waals surface area contributed by atoms with Gasteiger partial charge in [0.15, 0.2) is 5.13 Å². The zero-order valence-electron chi connectivity index (χ0n) is 13.6. The van der Waals surface area contributed by atoms with Crippen molar-refractivity contribution < 1.29 is 10.2 Å². The second kappa shape index (κ2) is 6.80. The van der Waals surface area contributed by atoms with Crippen molar-refractivity contribution in [2.24, 2.45) is 0 Å². The molecule has 1 aromatic heterocycles. The average Bonchev–Trinajstić information content (AvgIpc) is 3.19. The molecule has 1 atom stereocenters. The molecule has 1 saturated heterocycles. The van der Waals surface area contributed by atoms with Crippen molar-refractivity contribution in [1.82, 2.24) is 9.88 Å². The Labute approximate surface area is 146 Å². The van der Waals surface area contributed by atoms with Crippen LogP contribution in [0.2, 0.25) is 0 Å². The molecule has 1 fully saturated rings. The molecule has 1 aliphatic carbocycles. The van der Waals surface area contributed by atoms with Crippen molar-refractivity contribution in [2.45, 2.75) is 31.6 Å². The fraction of sp³-hybridized carbons (Fsp3) is 0.500. The van der Waals surface area contributed by atoms with Gasteiger partial charge in [-0.1, -0.05) is 24.3 Å². The normalized spacial score (nSPS) is 22.6. The second-order valence-electron chi connectivity index (χ2n) is 6.71. The van der Waals surface area contributed by atoms with Crippen LogP contribution in [0.1, 0.15) is 16.8 Å². The van der Waals surface area contributed by atoms with Crippen LogP contribution in [-0.2, 0) is 19.4 Å². The third kappa shape index (κ3) is 3.19. The number of nitrogens with zero attached hydrogens (tertiary/aromatic N) is 3. The first-order valence-corrected chi connectivity index (χ1v) is 9.40. The highest BCUT2D eigenvalue weighted by atomic mass is 32.1. The maximum atomic E-state index is 10.5. The first kappa shape index (κ1) is 16.0. The van der Waals surface area contributed by atoms with Crippen molar-refractivity contribution >= 4 is 16.5 Å². The molecule has 1 aliphatic heterocycles. The van der Waals surface area contributed by atoms with E-state index in [1.807, 2.05) is 5.38 Å². The number of hydrogen-bond donors (Lipinski definition) is 2. The van der Waals surface area contributed by atoms with Gasteiger partial charge in [0, 0.05) is 37.6 Å². The van der Waals surface area contributed by atoms with Gasteiger partial charge in [-0.25, -0.2) is 4.98 Å². The van der Waals surface area contributed by atoms with Crippen molar-refractivity contribution in [3.05, 3.63) is 46.5 Å². The number of aromatic nitrogens is 1. The topological polar surface area (TPSA) is 59.8 Å². The number of aliphatic hydroxyl groups excluding tert-OH is 2. The summed E-state index contributed by atoms with van der Waals surface area (Å²) in [6.45, 7) is 3.09. The number of anilines is 1. The molecule has 2 aromatic rings. The first-order valence-electron chi connectivity index (χ1n) is 8.52. The number of thiazole rings is 1. The summed E-state index contributed by atoms with van der Waals surface area (Å²) >= 11 is 1.54. The van der Waals surface area contributed by atoms with Gasteiger partial charge in [-0.05, 0) is 24.0 Å². The summed E-state index contributed by atoms with van der Waals surface area (Å²) in [7, 11) is 0. The van der Waals surface area contributed by atoms with Gasteiger partial charge in [-0.3, -0.25) is 4.90 Å². The number of aliphatic hydroxyl groups is 2. The minimum absolute atomic E-state index is 0.0284. The summed E-state index contributed by atoms with van der Waals surface area (Å²) in [6.07, 6.45) is 1.78. The Morgan fingerprint density at radius 1 is 1.12 bits per heavy atom. The van der Waals surface area contributed by atoms with Crippen LogP contribution < -0.4 is 4.90 Å². The summed E-state index contributed by atoms with van der Waals surface area (Å²) in [5, 5.41) is 22.5. The van der Waals surface area contributed by atoms with Gasteiger partial charge in [0.25, 0.3) is 0 Å². The van der Waals surface area contributed by atoms with Crippen LogP contribution in [-0.4, -0.2) is 58.4 Å². The lowest BCUT2D eigenvalue weighted by atomic mass is 10.1. The lowest BCUT2D eigenvalue weighted by Crippen LogP contribution is -2.41. The Balaban J connectivity index is 1.45. The van der Waals surface area contributed by atoms with E-state index in [9.17, 15) is 10.2 Å². The molecule has 0 amide bonds. The van der Waals surface area contributed by atoms with E-state index in [-0.39, 0.29) is 12.7 Å². The van der Waals surface area contributed by atoms with Gasteiger partial charge in [0.2, 0.25) is 0 Å². The molecule has 1 aromatic carbocycles. The molecule has 6 heteroatoms. The molecule has 2 aliphatic rings. The van der Waals surface area contributed by atoms with Gasteiger partial charge >= 0.3 is 0 Å². The number of rotatable bonds is 3. The Morgan fingerprint density at radius 2 is 1.88 bits per heavy atom. The molecule has 0 bridgehead atoms. The molecule has 0 spiro atoms. The summed E-state index contributed by atoms with van der Waals surface area (Å²) in [5.41, 5.74) is 3.60. The van der Waals surface area contributed by atoms with Crippen molar-refractivity contribution in [1.29, 1.82) is 0 Å². The molecule has 4 rings (SSSR count). The van der Waals surface area contributed by atoms with Gasteiger partial charge in [0.1, 0.15) is 0 Å². The third-order valence-corrected chi connectivity index (χ3v) is 6.00. The molecule has 24 heavy (non-hydrogen) atoms. The summed E-state index contributed by atoms with van der Waals surface area (Å²) in [5.74, 6) is 0. The lowest BCUT2D eigenvalue weighted by Gasteiger charge is -2.28. The van der Waals surface area contributed by atoms with Crippen LogP contribution in [0, 0.1) is 0 Å². The van der Waals surface area contributed by atoms with Crippen molar-refractivity contribution in [3.8, 4) is 0 Å². The van der Waals surface area contributed by atoms with Gasteiger partial charge in [-0.2, -0.15) is 0 Å². The maximum Gasteiger partial charge on any atom is 0.185 e. The van der Waals surface area contributed by atoms with E-state index in [0.29, 0.717) is 24.8 Å². The molecule has 0 radical (unpaired) electrons. The fourth-order valence-electron chi connectivity index (χ4n) is 3.83. The van der Waals surface area contributed by atoms with E-state index in [1.165, 1.54) is 11.1 Å². The highest BCUT2D eigenvalue weighted by Crippen LogP contribution is 2.27. The van der Waals surface area contributed by atoms with Crippen LogP contribution in [0.3, 0.4) is 0 Å². The highest BCUT2D eigenvalue weighted by molar-refractivity contribution is 7.13. The lowest BCUT2D eigenvalue weighted by molar-refractivity contribution is 0.109. The Bertz CT molecular complexity index is 680. The van der Waals surface area contributed by atoms with Crippen molar-refractivity contribution in [2.75, 3.05) is 31.1 Å². The number of benzene rings is 1. The van der Waals surface area contributed by atoms with E-state index < -0.39 is 0 Å². The van der Waals surface area contributed by atoms with E-state index in [0.717, 1.165) is 31.1 Å². The molecule has 2 heterocycles. The van der Waals surface area contributed by atoms with Crippen LogP contribution in [0.5, 0.6) is 0 Å². The van der Waals surface area contributed by atoms with Gasteiger partial charge in [0.05, 0.1) is 18.4 Å². The number of hydrogen-bond acceptors (Lipinski definition) is 6. The zero-order chi connectivity index (χ0) is 16.5. The number of fused-ring (bicyclic) bond motifs is 1. The average molecular weight is 345 g/mol. The smallest absolute Gasteiger partial charge is 0.185 e. The monoisotopic (exact) mass is 345 g/mol. The van der Waals surface area contributed by atoms with E-state index in [2.05, 4.69) is 39.0 Å². The maximum absolute atomic E-state index is 10.5. The quantitative estimate of drug-likeness (QED) is 0.878. The summed E-state index contributed by atoms with van der Waals surface area (Å²) in [6, 6.07) is 9.16. The van der Waals surface area contributed by atoms with Crippen LogP contribution >= 0.6 is 11.3 Å². The predicted octanol–water partition coefficient (Wildman–Crippen LogP) is 1.29. The Kier molecular flexibility index (Phi) is 4.54. The minimum atomic E-state index is -0.377. The summed E-state index contributed by atoms with van der Waals surface area (Å²) in [4.78, 5) is 9.03. The van der Waals surface area contributed by atoms with Gasteiger partial charge < -0.3 is 15.1 Å². The SMILES string of the molecule is OCc1csc(N2CCN(C3Cc4ccccc4C3)C[C@H](O)C2)n1. The standard InChI is InChI=1S/C18H23N3O2S/c22-11-15-12-24-18(19-15)21-6-5-20(9-17(23)10-21)16-7-13-3-1-2-4-14(13)8-16/h1-4,12,16-17,22-23H,5-11H2/t17-/m0/s1. The second-order valence-corrected chi connectivity index (χ2v) is 7.54. The highest BCUT2D eigenvalue weighted by Gasteiger charge is 2.31. The van der Waals surface area contributed by atoms with Crippen LogP contribution in [0.4, 0.5) is 5.13 Å². The molecular formula is C18H23N3O2S. The summed E-state index contributed by atoms with van der Waals surface area (Å²) < 4.78 is 0. The van der Waals surface area contributed by atoms with Crippen LogP contribution in [0.25, 0.3) is 0 Å². The Morgan fingerprint density at radius 3 is 2.54 bits per heavy atom. The largest absolute Gasteiger partial charge is 0.390 e. The zero-order valence-corrected chi connectivity index (χ0v) is 14.5. The van der Waals surface area contributed by atoms with E-state index in [4.69, 9.17) is 0 Å². The number of β-amino-alcohol motifs (C(OH)–C–C–N with tert-alkyl or cyclic N) is 1. The van der Waals surface area contributed by atoms with E-state index in [1.54, 1.807) is 11.3 Å². The molecule has 128 valence electrons. The first-order chi connectivity index (χ1) is 11.7. The molecule has 5 nitrogen and oxygen atoms in total. The molecular weight excluding hydrogens is 322 g/mol. The predicted molar refractivity (Wildman–Crippen MR) is 95.5 cm³/mol. The molecule has 2 N–H and O–H groups in total. The molecule has 0 saturated carbocycles. The van der Waals surface area contributed by atoms with Crippen molar-refractivity contribution in [3.63, 3.8) is 0 Å². The fourth-order valence-corrected chi connectivity index (χ4v) is 4.68. The molecule has 0 unspecified atom stereocenters. The minimum Gasteiger partial charge on any atom is -0.390 e.